The molecule has 0 radical (unpaired) electrons. The number of nitrogens with zero attached hydrogens (tertiary/aromatic N) is 3. The number of nitro benzene ring substituents is 1. The molecule has 0 fully saturated rings. The highest BCUT2D eigenvalue weighted by Crippen LogP contribution is 2.43. The molecule has 7 nitrogen and oxygen atoms in total. The van der Waals surface area contributed by atoms with Crippen molar-refractivity contribution in [1.82, 2.24) is 0 Å². The maximum atomic E-state index is 10.8. The van der Waals surface area contributed by atoms with Crippen LogP contribution >= 0.6 is 31.9 Å². The summed E-state index contributed by atoms with van der Waals surface area (Å²) < 4.78 is 0.607. The van der Waals surface area contributed by atoms with Gasteiger partial charge in [0.25, 0.3) is 5.69 Å². The zero-order valence-corrected chi connectivity index (χ0v) is 14.4. The largest absolute Gasteiger partial charge is 0.506 e. The lowest BCUT2D eigenvalue weighted by Gasteiger charge is -2.13. The average molecular weight is 441 g/mol. The second-order valence-electron chi connectivity index (χ2n) is 4.33. The Labute approximate surface area is 146 Å². The molecule has 0 saturated carbocycles. The van der Waals surface area contributed by atoms with Gasteiger partial charge < -0.3 is 10.3 Å². The molecule has 0 aliphatic rings. The summed E-state index contributed by atoms with van der Waals surface area (Å²) in [6.07, 6.45) is 1.13. The number of non-ortho nitro benzene ring substituents is 1. The van der Waals surface area contributed by atoms with E-state index in [2.05, 4.69) is 37.0 Å². The number of phenols is 1. The fourth-order valence-corrected chi connectivity index (χ4v) is 3.39. The smallest absolute Gasteiger partial charge is 0.270 e. The van der Waals surface area contributed by atoms with Crippen molar-refractivity contribution in [1.29, 1.82) is 5.26 Å². The Bertz CT molecular complexity index is 875. The minimum atomic E-state index is -0.602. The Balaban J connectivity index is 2.84. The minimum Gasteiger partial charge on any atom is -0.506 e. The van der Waals surface area contributed by atoms with Gasteiger partial charge in [-0.1, -0.05) is 5.16 Å². The second-order valence-corrected chi connectivity index (χ2v) is 5.98. The number of phenolic OH excluding ortho intramolecular Hbond substituents is 1. The summed E-state index contributed by atoms with van der Waals surface area (Å²) in [4.78, 5) is 10.2. The first-order valence-electron chi connectivity index (χ1n) is 5.98. The lowest BCUT2D eigenvalue weighted by atomic mass is 9.95. The molecular weight excluding hydrogens is 434 g/mol. The van der Waals surface area contributed by atoms with Crippen molar-refractivity contribution in [3.8, 4) is 22.9 Å². The summed E-state index contributed by atoms with van der Waals surface area (Å²) in [7, 11) is 0. The number of oxime groups is 1. The van der Waals surface area contributed by atoms with E-state index >= 15 is 0 Å². The Morgan fingerprint density at radius 1 is 1.35 bits per heavy atom. The van der Waals surface area contributed by atoms with Gasteiger partial charge in [-0.05, 0) is 44.0 Å². The number of nitriles is 1. The van der Waals surface area contributed by atoms with Crippen LogP contribution in [-0.4, -0.2) is 21.5 Å². The quantitative estimate of drug-likeness (QED) is 0.321. The van der Waals surface area contributed by atoms with Gasteiger partial charge in [0, 0.05) is 28.8 Å². The molecule has 9 heteroatoms. The van der Waals surface area contributed by atoms with E-state index in [0.29, 0.717) is 21.2 Å². The summed E-state index contributed by atoms with van der Waals surface area (Å²) in [5, 5.41) is 41.9. The maximum absolute atomic E-state index is 10.8. The zero-order chi connectivity index (χ0) is 17.1. The molecule has 0 bridgehead atoms. The van der Waals surface area contributed by atoms with Gasteiger partial charge in [-0.2, -0.15) is 5.26 Å². The predicted octanol–water partition coefficient (Wildman–Crippen LogP) is 4.17. The third-order valence-electron chi connectivity index (χ3n) is 3.03. The average Bonchev–Trinajstić information content (AvgIpc) is 2.53. The molecule has 0 atom stereocenters. The van der Waals surface area contributed by atoms with Crippen LogP contribution in [0.4, 0.5) is 5.69 Å². The van der Waals surface area contributed by atoms with Crippen molar-refractivity contribution in [2.45, 2.75) is 0 Å². The van der Waals surface area contributed by atoms with Gasteiger partial charge in [-0.3, -0.25) is 10.1 Å². The van der Waals surface area contributed by atoms with Gasteiger partial charge in [0.15, 0.2) is 0 Å². The molecule has 0 spiro atoms. The summed E-state index contributed by atoms with van der Waals surface area (Å²) in [6.45, 7) is 0. The summed E-state index contributed by atoms with van der Waals surface area (Å²) in [5.74, 6) is -0.114. The van der Waals surface area contributed by atoms with E-state index in [-0.39, 0.29) is 21.5 Å². The summed E-state index contributed by atoms with van der Waals surface area (Å²) in [5.41, 5.74) is 0.946. The van der Waals surface area contributed by atoms with Crippen LogP contribution in [0.2, 0.25) is 0 Å². The lowest BCUT2D eigenvalue weighted by Crippen LogP contribution is -1.96. The van der Waals surface area contributed by atoms with E-state index in [9.17, 15) is 20.5 Å². The van der Waals surface area contributed by atoms with Crippen molar-refractivity contribution in [3.05, 3.63) is 54.5 Å². The van der Waals surface area contributed by atoms with E-state index < -0.39 is 4.92 Å². The molecule has 2 N–H and O–H groups in total. The highest BCUT2D eigenvalue weighted by Gasteiger charge is 2.20. The SMILES string of the molecule is N#Cc1cc([N+](=O)[O-])ccc1-c1c(C=NO)cc(Br)c(O)c1Br. The molecule has 0 saturated heterocycles. The number of benzene rings is 2. The van der Waals surface area contributed by atoms with Gasteiger partial charge in [0.1, 0.15) is 11.8 Å². The molecule has 0 heterocycles. The molecule has 0 aromatic heterocycles. The van der Waals surface area contributed by atoms with Crippen molar-refractivity contribution in [2.24, 2.45) is 5.16 Å². The molecule has 0 unspecified atom stereocenters. The predicted molar refractivity (Wildman–Crippen MR) is 89.7 cm³/mol. The zero-order valence-electron chi connectivity index (χ0n) is 11.2. The highest BCUT2D eigenvalue weighted by molar-refractivity contribution is 9.11. The van der Waals surface area contributed by atoms with Crippen LogP contribution in [0.25, 0.3) is 11.1 Å². The molecular formula is C14H7Br2N3O4. The first kappa shape index (κ1) is 16.9. The highest BCUT2D eigenvalue weighted by atomic mass is 79.9. The van der Waals surface area contributed by atoms with Crippen LogP contribution in [0.1, 0.15) is 11.1 Å². The Hall–Kier alpha value is -2.44. The topological polar surface area (TPSA) is 120 Å². The molecule has 2 rings (SSSR count). The van der Waals surface area contributed by atoms with E-state index in [1.54, 1.807) is 0 Å². The number of hydrogen-bond donors (Lipinski definition) is 2. The van der Waals surface area contributed by atoms with Gasteiger partial charge >= 0.3 is 0 Å². The van der Waals surface area contributed by atoms with E-state index in [1.165, 1.54) is 18.2 Å². The van der Waals surface area contributed by atoms with Crippen LogP contribution in [0.3, 0.4) is 0 Å². The number of hydrogen-bond acceptors (Lipinski definition) is 6. The van der Waals surface area contributed by atoms with Gasteiger partial charge in [-0.15, -0.1) is 0 Å². The van der Waals surface area contributed by atoms with Crippen molar-refractivity contribution in [3.63, 3.8) is 0 Å². The Morgan fingerprint density at radius 3 is 2.61 bits per heavy atom. The first-order chi connectivity index (χ1) is 10.9. The standard InChI is InChI=1S/C14H7Br2N3O4/c15-11-4-8(6-18-21)12(13(16)14(11)20)10-2-1-9(19(22)23)3-7(10)5-17/h1-4,6,20-21H. The van der Waals surface area contributed by atoms with Gasteiger partial charge in [0.2, 0.25) is 0 Å². The van der Waals surface area contributed by atoms with Gasteiger partial charge in [0.05, 0.1) is 25.6 Å². The monoisotopic (exact) mass is 439 g/mol. The normalized spacial score (nSPS) is 10.7. The molecule has 116 valence electrons. The lowest BCUT2D eigenvalue weighted by molar-refractivity contribution is -0.384. The van der Waals surface area contributed by atoms with Gasteiger partial charge in [-0.25, -0.2) is 0 Å². The Morgan fingerprint density at radius 2 is 2.04 bits per heavy atom. The first-order valence-corrected chi connectivity index (χ1v) is 7.56. The van der Waals surface area contributed by atoms with E-state index in [1.807, 2.05) is 6.07 Å². The molecule has 0 aliphatic carbocycles. The molecule has 23 heavy (non-hydrogen) atoms. The molecule has 0 aliphatic heterocycles. The van der Waals surface area contributed by atoms with Crippen LogP contribution < -0.4 is 0 Å². The van der Waals surface area contributed by atoms with Crippen LogP contribution in [-0.2, 0) is 0 Å². The van der Waals surface area contributed by atoms with Crippen molar-refractivity contribution >= 4 is 43.8 Å². The van der Waals surface area contributed by atoms with Crippen molar-refractivity contribution < 1.29 is 15.2 Å². The van der Waals surface area contributed by atoms with Crippen LogP contribution in [0.5, 0.6) is 5.75 Å². The van der Waals surface area contributed by atoms with E-state index in [0.717, 1.165) is 12.3 Å². The number of halogens is 2. The van der Waals surface area contributed by atoms with Crippen LogP contribution in [0.15, 0.2) is 38.4 Å². The minimum absolute atomic E-state index is 0.0502. The van der Waals surface area contributed by atoms with Crippen LogP contribution in [0, 0.1) is 21.4 Å². The van der Waals surface area contributed by atoms with E-state index in [4.69, 9.17) is 5.21 Å². The third-order valence-corrected chi connectivity index (χ3v) is 4.40. The third kappa shape index (κ3) is 3.18. The van der Waals surface area contributed by atoms with Crippen molar-refractivity contribution in [2.75, 3.05) is 0 Å². The number of nitro groups is 1. The Kier molecular flexibility index (Phi) is 4.98. The number of aromatic hydroxyl groups is 1. The molecule has 2 aromatic rings. The summed E-state index contributed by atoms with van der Waals surface area (Å²) >= 11 is 6.40. The molecule has 2 aromatic carbocycles. The maximum Gasteiger partial charge on any atom is 0.270 e. The fourth-order valence-electron chi connectivity index (χ4n) is 2.02. The second kappa shape index (κ2) is 6.76. The summed E-state index contributed by atoms with van der Waals surface area (Å²) in [6, 6.07) is 7.18. The fraction of sp³-hybridized carbons (Fsp3) is 0. The number of rotatable bonds is 3. The molecule has 0 amide bonds.